The molecule has 0 spiro atoms. The summed E-state index contributed by atoms with van der Waals surface area (Å²) < 4.78 is 4.96. The number of aromatic nitrogens is 2. The largest absolute Gasteiger partial charge is 0.462 e. The molecule has 1 aliphatic carbocycles. The summed E-state index contributed by atoms with van der Waals surface area (Å²) in [6.07, 6.45) is 5.92. The van der Waals surface area contributed by atoms with E-state index in [0.717, 1.165) is 12.8 Å². The summed E-state index contributed by atoms with van der Waals surface area (Å²) in [6, 6.07) is 0. The maximum absolute atomic E-state index is 11.7. The molecular formula is C14H22N4O2. The minimum absolute atomic E-state index is 0.0993. The van der Waals surface area contributed by atoms with Crippen molar-refractivity contribution in [2.24, 2.45) is 5.73 Å². The van der Waals surface area contributed by atoms with Crippen molar-refractivity contribution in [1.82, 2.24) is 9.97 Å². The summed E-state index contributed by atoms with van der Waals surface area (Å²) in [5.74, 6) is 0.147. The number of carbonyl (C=O) groups excluding carboxylic acids is 1. The van der Waals surface area contributed by atoms with E-state index >= 15 is 0 Å². The lowest BCUT2D eigenvalue weighted by Gasteiger charge is -2.28. The summed E-state index contributed by atoms with van der Waals surface area (Å²) in [7, 11) is 0. The van der Waals surface area contributed by atoms with Crippen LogP contribution in [-0.4, -0.2) is 34.6 Å². The van der Waals surface area contributed by atoms with Gasteiger partial charge in [-0.15, -0.1) is 0 Å². The first-order chi connectivity index (χ1) is 9.60. The molecule has 0 aromatic carbocycles. The topological polar surface area (TPSA) is 90.1 Å². The van der Waals surface area contributed by atoms with E-state index in [0.29, 0.717) is 30.4 Å². The number of hydrogen-bond acceptors (Lipinski definition) is 6. The number of carbonyl (C=O) groups is 1. The highest BCUT2D eigenvalue weighted by Crippen LogP contribution is 2.31. The second-order valence-corrected chi connectivity index (χ2v) is 5.23. The Bertz CT molecular complexity index is 484. The zero-order valence-electron chi connectivity index (χ0n) is 12.1. The van der Waals surface area contributed by atoms with Gasteiger partial charge in [0.1, 0.15) is 0 Å². The molecule has 1 heterocycles. The molecule has 1 aromatic rings. The van der Waals surface area contributed by atoms with E-state index in [4.69, 9.17) is 10.5 Å². The zero-order chi connectivity index (χ0) is 14.6. The fraction of sp³-hybridized carbons (Fsp3) is 0.643. The normalized spacial score (nSPS) is 16.9. The lowest BCUT2D eigenvalue weighted by molar-refractivity contribution is 0.0524. The summed E-state index contributed by atoms with van der Waals surface area (Å²) >= 11 is 0. The molecule has 0 atom stereocenters. The van der Waals surface area contributed by atoms with Crippen molar-refractivity contribution in [2.75, 3.05) is 18.5 Å². The van der Waals surface area contributed by atoms with Crippen molar-refractivity contribution < 1.29 is 9.53 Å². The summed E-state index contributed by atoms with van der Waals surface area (Å²) in [4.78, 5) is 20.3. The van der Waals surface area contributed by atoms with Crippen LogP contribution in [0.15, 0.2) is 6.20 Å². The molecule has 1 aliphatic rings. The fourth-order valence-corrected chi connectivity index (χ4v) is 2.61. The van der Waals surface area contributed by atoms with Gasteiger partial charge in [-0.05, 0) is 26.7 Å². The van der Waals surface area contributed by atoms with Crippen molar-refractivity contribution in [2.45, 2.75) is 45.1 Å². The number of anilines is 1. The van der Waals surface area contributed by atoms with Gasteiger partial charge in [-0.3, -0.25) is 0 Å². The highest BCUT2D eigenvalue weighted by molar-refractivity contribution is 5.90. The minimum atomic E-state index is -0.383. The smallest absolute Gasteiger partial charge is 0.341 e. The van der Waals surface area contributed by atoms with E-state index in [1.54, 1.807) is 13.8 Å². The molecule has 0 amide bonds. The van der Waals surface area contributed by atoms with Crippen LogP contribution < -0.4 is 11.1 Å². The molecule has 0 bridgehead atoms. The highest BCUT2D eigenvalue weighted by Gasteiger charge is 2.33. The third kappa shape index (κ3) is 3.07. The molecule has 110 valence electrons. The third-order valence-corrected chi connectivity index (χ3v) is 3.80. The van der Waals surface area contributed by atoms with Crippen molar-refractivity contribution in [1.29, 1.82) is 0 Å². The number of esters is 1. The lowest BCUT2D eigenvalue weighted by Crippen LogP contribution is -2.43. The highest BCUT2D eigenvalue weighted by atomic mass is 16.5. The molecule has 6 nitrogen and oxygen atoms in total. The maximum Gasteiger partial charge on any atom is 0.341 e. The molecule has 0 aliphatic heterocycles. The van der Waals surface area contributed by atoms with Gasteiger partial charge in [0, 0.05) is 12.7 Å². The van der Waals surface area contributed by atoms with Crippen LogP contribution in [0.25, 0.3) is 0 Å². The van der Waals surface area contributed by atoms with Crippen molar-refractivity contribution in [3.8, 4) is 0 Å². The molecule has 20 heavy (non-hydrogen) atoms. The molecule has 2 rings (SSSR count). The van der Waals surface area contributed by atoms with Gasteiger partial charge in [-0.2, -0.15) is 0 Å². The summed E-state index contributed by atoms with van der Waals surface area (Å²) in [6.45, 7) is 4.46. The predicted octanol–water partition coefficient (Wildman–Crippen LogP) is 1.65. The Hall–Kier alpha value is -1.69. The summed E-state index contributed by atoms with van der Waals surface area (Å²) in [5, 5.41) is 3.34. The first-order valence-electron chi connectivity index (χ1n) is 7.09. The van der Waals surface area contributed by atoms with Crippen LogP contribution in [0.4, 0.5) is 5.95 Å². The van der Waals surface area contributed by atoms with Crippen LogP contribution in [0.1, 0.15) is 48.7 Å². The van der Waals surface area contributed by atoms with E-state index in [9.17, 15) is 4.79 Å². The van der Waals surface area contributed by atoms with Crippen LogP contribution in [0.2, 0.25) is 0 Å². The summed E-state index contributed by atoms with van der Waals surface area (Å²) in [5.41, 5.74) is 6.81. The number of nitrogens with zero attached hydrogens (tertiary/aromatic N) is 2. The quantitative estimate of drug-likeness (QED) is 0.796. The molecule has 0 radical (unpaired) electrons. The van der Waals surface area contributed by atoms with Crippen LogP contribution in [0, 0.1) is 6.92 Å². The molecule has 1 fully saturated rings. The van der Waals surface area contributed by atoms with E-state index in [1.165, 1.54) is 19.0 Å². The van der Waals surface area contributed by atoms with Gasteiger partial charge in [-0.25, -0.2) is 14.8 Å². The van der Waals surface area contributed by atoms with Crippen LogP contribution in [-0.2, 0) is 4.74 Å². The van der Waals surface area contributed by atoms with Crippen LogP contribution in [0.3, 0.4) is 0 Å². The standard InChI is InChI=1S/C14H22N4O2/c1-3-20-12(19)11-8-16-13(17-10(11)2)18-14(9-15)6-4-5-7-14/h8H,3-7,9,15H2,1-2H3,(H,16,17,18). The Morgan fingerprint density at radius 3 is 2.75 bits per heavy atom. The zero-order valence-corrected chi connectivity index (χ0v) is 12.1. The van der Waals surface area contributed by atoms with E-state index in [2.05, 4.69) is 15.3 Å². The minimum Gasteiger partial charge on any atom is -0.462 e. The molecular weight excluding hydrogens is 256 g/mol. The SMILES string of the molecule is CCOC(=O)c1cnc(NC2(CN)CCCC2)nc1C. The fourth-order valence-electron chi connectivity index (χ4n) is 2.61. The predicted molar refractivity (Wildman–Crippen MR) is 76.6 cm³/mol. The number of nitrogens with two attached hydrogens (primary N) is 1. The maximum atomic E-state index is 11.7. The van der Waals surface area contributed by atoms with Crippen molar-refractivity contribution in [3.05, 3.63) is 17.5 Å². The number of nitrogens with one attached hydrogen (secondary N) is 1. The molecule has 1 saturated carbocycles. The first kappa shape index (κ1) is 14.7. The van der Waals surface area contributed by atoms with Crippen LogP contribution in [0.5, 0.6) is 0 Å². The third-order valence-electron chi connectivity index (χ3n) is 3.80. The number of aryl methyl sites for hydroxylation is 1. The van der Waals surface area contributed by atoms with Crippen molar-refractivity contribution in [3.63, 3.8) is 0 Å². The molecule has 0 unspecified atom stereocenters. The average Bonchev–Trinajstić information content (AvgIpc) is 2.88. The molecule has 0 saturated heterocycles. The van der Waals surface area contributed by atoms with E-state index in [-0.39, 0.29) is 11.5 Å². The lowest BCUT2D eigenvalue weighted by atomic mass is 9.98. The van der Waals surface area contributed by atoms with Gasteiger partial charge < -0.3 is 15.8 Å². The second-order valence-electron chi connectivity index (χ2n) is 5.23. The number of rotatable bonds is 5. The Morgan fingerprint density at radius 2 is 2.20 bits per heavy atom. The molecule has 3 N–H and O–H groups in total. The van der Waals surface area contributed by atoms with Gasteiger partial charge in [0.25, 0.3) is 0 Å². The number of hydrogen-bond donors (Lipinski definition) is 2. The van der Waals surface area contributed by atoms with Crippen molar-refractivity contribution >= 4 is 11.9 Å². The van der Waals surface area contributed by atoms with Gasteiger partial charge in [0.05, 0.1) is 23.4 Å². The second kappa shape index (κ2) is 6.17. The number of ether oxygens (including phenoxy) is 1. The average molecular weight is 278 g/mol. The first-order valence-corrected chi connectivity index (χ1v) is 7.09. The Balaban J connectivity index is 2.14. The van der Waals surface area contributed by atoms with E-state index in [1.807, 2.05) is 0 Å². The molecule has 6 heteroatoms. The Kier molecular flexibility index (Phi) is 4.54. The van der Waals surface area contributed by atoms with Gasteiger partial charge in [0.2, 0.25) is 5.95 Å². The van der Waals surface area contributed by atoms with Gasteiger partial charge in [-0.1, -0.05) is 12.8 Å². The van der Waals surface area contributed by atoms with Gasteiger partial charge in [0.15, 0.2) is 0 Å². The Morgan fingerprint density at radius 1 is 1.50 bits per heavy atom. The monoisotopic (exact) mass is 278 g/mol. The molecule has 1 aromatic heterocycles. The van der Waals surface area contributed by atoms with Crippen LogP contribution >= 0.6 is 0 Å². The Labute approximate surface area is 119 Å². The van der Waals surface area contributed by atoms with E-state index < -0.39 is 0 Å². The van der Waals surface area contributed by atoms with Gasteiger partial charge >= 0.3 is 5.97 Å².